The van der Waals surface area contributed by atoms with E-state index in [2.05, 4.69) is 28.0 Å². The molecule has 0 aromatic heterocycles. The van der Waals surface area contributed by atoms with Crippen molar-refractivity contribution in [1.82, 2.24) is 9.80 Å². The van der Waals surface area contributed by atoms with Crippen molar-refractivity contribution in [1.29, 1.82) is 0 Å². The van der Waals surface area contributed by atoms with E-state index < -0.39 is 0 Å². The van der Waals surface area contributed by atoms with E-state index in [-0.39, 0.29) is 5.92 Å². The molecule has 2 atom stereocenters. The molecule has 0 radical (unpaired) electrons. The van der Waals surface area contributed by atoms with Gasteiger partial charge in [-0.3, -0.25) is 4.79 Å². The standard InChI is InChI=1S/C24H34N2O2/c27-24(26-16-21-3-1-2-4-22(21)17-26)19-8-12-25(13-9-19)11-7-18-5-6-23-20(15-18)10-14-28-23/h5-6,15,19,21-22H,1-4,7-14,16-17H2. The van der Waals surface area contributed by atoms with Gasteiger partial charge in [0.1, 0.15) is 5.75 Å². The number of carbonyl (C=O) groups is 1. The second kappa shape index (κ2) is 8.06. The zero-order valence-corrected chi connectivity index (χ0v) is 17.1. The second-order valence-electron chi connectivity index (χ2n) is 9.45. The van der Waals surface area contributed by atoms with Crippen LogP contribution in [0.5, 0.6) is 5.75 Å². The first-order chi connectivity index (χ1) is 13.8. The summed E-state index contributed by atoms with van der Waals surface area (Å²) in [5, 5.41) is 0. The van der Waals surface area contributed by atoms with E-state index in [9.17, 15) is 4.79 Å². The molecule has 152 valence electrons. The lowest BCUT2D eigenvalue weighted by molar-refractivity contribution is -0.136. The topological polar surface area (TPSA) is 32.8 Å². The number of rotatable bonds is 4. The molecule has 3 heterocycles. The van der Waals surface area contributed by atoms with Crippen LogP contribution in [0.2, 0.25) is 0 Å². The van der Waals surface area contributed by atoms with E-state index in [0.717, 1.165) is 82.6 Å². The van der Waals surface area contributed by atoms with Crippen LogP contribution in [-0.2, 0) is 17.6 Å². The number of benzene rings is 1. The highest BCUT2D eigenvalue weighted by Gasteiger charge is 2.38. The van der Waals surface area contributed by atoms with Gasteiger partial charge in [0.25, 0.3) is 0 Å². The summed E-state index contributed by atoms with van der Waals surface area (Å²) in [6.45, 7) is 6.18. The average Bonchev–Trinajstić information content (AvgIpc) is 3.38. The smallest absolute Gasteiger partial charge is 0.225 e. The largest absolute Gasteiger partial charge is 0.493 e. The highest BCUT2D eigenvalue weighted by Crippen LogP contribution is 2.37. The first-order valence-electron chi connectivity index (χ1n) is 11.5. The van der Waals surface area contributed by atoms with Crippen molar-refractivity contribution in [2.75, 3.05) is 39.3 Å². The SMILES string of the molecule is O=C(C1CCN(CCc2ccc3c(c2)CCO3)CC1)N1CC2CCCCC2C1. The van der Waals surface area contributed by atoms with Crippen molar-refractivity contribution in [2.45, 2.75) is 51.4 Å². The van der Waals surface area contributed by atoms with Gasteiger partial charge in [-0.15, -0.1) is 0 Å². The quantitative estimate of drug-likeness (QED) is 0.799. The molecule has 1 saturated carbocycles. The molecule has 4 heteroatoms. The molecular formula is C24H34N2O2. The number of hydrogen-bond acceptors (Lipinski definition) is 3. The summed E-state index contributed by atoms with van der Waals surface area (Å²) in [6.07, 6.45) is 9.68. The number of fused-ring (bicyclic) bond motifs is 2. The molecule has 1 amide bonds. The molecule has 1 aromatic carbocycles. The van der Waals surface area contributed by atoms with E-state index in [1.54, 1.807) is 0 Å². The van der Waals surface area contributed by atoms with Crippen LogP contribution in [0.3, 0.4) is 0 Å². The number of amides is 1. The Bertz CT molecular complexity index is 697. The minimum atomic E-state index is 0.272. The Kier molecular flexibility index (Phi) is 5.32. The van der Waals surface area contributed by atoms with Crippen LogP contribution in [0.1, 0.15) is 49.7 Å². The lowest BCUT2D eigenvalue weighted by Gasteiger charge is -2.33. The minimum absolute atomic E-state index is 0.272. The Morgan fingerprint density at radius 3 is 2.54 bits per heavy atom. The number of ether oxygens (including phenoxy) is 1. The lowest BCUT2D eigenvalue weighted by atomic mass is 9.82. The van der Waals surface area contributed by atoms with Gasteiger partial charge in [-0.2, -0.15) is 0 Å². The van der Waals surface area contributed by atoms with Crippen molar-refractivity contribution in [2.24, 2.45) is 17.8 Å². The predicted octanol–water partition coefficient (Wildman–Crippen LogP) is 3.52. The molecular weight excluding hydrogens is 348 g/mol. The summed E-state index contributed by atoms with van der Waals surface area (Å²) in [5.41, 5.74) is 2.79. The van der Waals surface area contributed by atoms with Gasteiger partial charge in [-0.1, -0.05) is 25.0 Å². The van der Waals surface area contributed by atoms with Crippen LogP contribution >= 0.6 is 0 Å². The Morgan fingerprint density at radius 1 is 1.04 bits per heavy atom. The van der Waals surface area contributed by atoms with Crippen LogP contribution in [0.4, 0.5) is 0 Å². The Balaban J connectivity index is 1.08. The first kappa shape index (κ1) is 18.5. The number of nitrogens with zero attached hydrogens (tertiary/aromatic N) is 2. The predicted molar refractivity (Wildman–Crippen MR) is 111 cm³/mol. The zero-order valence-electron chi connectivity index (χ0n) is 17.1. The van der Waals surface area contributed by atoms with E-state index in [1.165, 1.54) is 36.8 Å². The molecule has 4 nitrogen and oxygen atoms in total. The molecule has 2 saturated heterocycles. The van der Waals surface area contributed by atoms with Crippen molar-refractivity contribution < 1.29 is 9.53 Å². The van der Waals surface area contributed by atoms with Gasteiger partial charge in [0.05, 0.1) is 6.61 Å². The second-order valence-corrected chi connectivity index (χ2v) is 9.45. The third-order valence-electron chi connectivity index (χ3n) is 7.70. The third-order valence-corrected chi connectivity index (χ3v) is 7.70. The Morgan fingerprint density at radius 2 is 1.79 bits per heavy atom. The van der Waals surface area contributed by atoms with Gasteiger partial charge in [-0.05, 0) is 74.2 Å². The monoisotopic (exact) mass is 382 g/mol. The summed E-state index contributed by atoms with van der Waals surface area (Å²) in [5.74, 6) is 3.41. The van der Waals surface area contributed by atoms with E-state index in [0.29, 0.717) is 5.91 Å². The molecule has 3 aliphatic heterocycles. The maximum atomic E-state index is 13.0. The number of piperidine rings is 1. The fourth-order valence-corrected chi connectivity index (χ4v) is 5.93. The lowest BCUT2D eigenvalue weighted by Crippen LogP contribution is -2.42. The molecule has 0 N–H and O–H groups in total. The fraction of sp³-hybridized carbons (Fsp3) is 0.708. The van der Waals surface area contributed by atoms with Crippen LogP contribution in [0, 0.1) is 17.8 Å². The van der Waals surface area contributed by atoms with Gasteiger partial charge < -0.3 is 14.5 Å². The van der Waals surface area contributed by atoms with Gasteiger partial charge in [0.15, 0.2) is 0 Å². The van der Waals surface area contributed by atoms with Crippen LogP contribution < -0.4 is 4.74 Å². The van der Waals surface area contributed by atoms with Crippen molar-refractivity contribution in [3.8, 4) is 5.75 Å². The molecule has 28 heavy (non-hydrogen) atoms. The summed E-state index contributed by atoms with van der Waals surface area (Å²) >= 11 is 0. The normalized spacial score (nSPS) is 28.1. The van der Waals surface area contributed by atoms with Crippen molar-refractivity contribution >= 4 is 5.91 Å². The summed E-state index contributed by atoms with van der Waals surface area (Å²) in [7, 11) is 0. The minimum Gasteiger partial charge on any atom is -0.493 e. The van der Waals surface area contributed by atoms with Crippen molar-refractivity contribution in [3.63, 3.8) is 0 Å². The van der Waals surface area contributed by atoms with E-state index in [4.69, 9.17) is 4.74 Å². The maximum Gasteiger partial charge on any atom is 0.225 e. The highest BCUT2D eigenvalue weighted by molar-refractivity contribution is 5.79. The number of hydrogen-bond donors (Lipinski definition) is 0. The van der Waals surface area contributed by atoms with E-state index >= 15 is 0 Å². The Hall–Kier alpha value is -1.55. The van der Waals surface area contributed by atoms with Crippen LogP contribution in [-0.4, -0.2) is 55.0 Å². The fourth-order valence-electron chi connectivity index (χ4n) is 5.93. The van der Waals surface area contributed by atoms with Crippen LogP contribution in [0.25, 0.3) is 0 Å². The highest BCUT2D eigenvalue weighted by atomic mass is 16.5. The molecule has 1 aliphatic carbocycles. The number of carbonyl (C=O) groups excluding carboxylic acids is 1. The van der Waals surface area contributed by atoms with Gasteiger partial charge in [0, 0.05) is 32.0 Å². The molecule has 0 spiro atoms. The van der Waals surface area contributed by atoms with Gasteiger partial charge >= 0.3 is 0 Å². The van der Waals surface area contributed by atoms with Crippen molar-refractivity contribution in [3.05, 3.63) is 29.3 Å². The Labute approximate surface area is 169 Å². The summed E-state index contributed by atoms with van der Waals surface area (Å²) < 4.78 is 5.61. The average molecular weight is 383 g/mol. The first-order valence-corrected chi connectivity index (χ1v) is 11.5. The molecule has 2 unspecified atom stereocenters. The third kappa shape index (κ3) is 3.80. The molecule has 5 rings (SSSR count). The molecule has 1 aromatic rings. The maximum absolute atomic E-state index is 13.0. The van der Waals surface area contributed by atoms with Crippen LogP contribution in [0.15, 0.2) is 18.2 Å². The van der Waals surface area contributed by atoms with E-state index in [1.807, 2.05) is 0 Å². The van der Waals surface area contributed by atoms with Gasteiger partial charge in [0.2, 0.25) is 5.91 Å². The summed E-state index contributed by atoms with van der Waals surface area (Å²) in [4.78, 5) is 17.8. The number of likely N-dealkylation sites (tertiary alicyclic amines) is 2. The van der Waals surface area contributed by atoms with Gasteiger partial charge in [-0.25, -0.2) is 0 Å². The summed E-state index contributed by atoms with van der Waals surface area (Å²) in [6, 6.07) is 6.68. The zero-order chi connectivity index (χ0) is 18.9. The molecule has 0 bridgehead atoms. The molecule has 3 fully saturated rings. The molecule has 4 aliphatic rings.